The van der Waals surface area contributed by atoms with Crippen LogP contribution in [0.3, 0.4) is 0 Å². The van der Waals surface area contributed by atoms with Crippen molar-refractivity contribution in [3.05, 3.63) is 28.2 Å². The summed E-state index contributed by atoms with van der Waals surface area (Å²) in [5, 5.41) is 3.18. The maximum Gasteiger partial charge on any atom is 0.242 e. The van der Waals surface area contributed by atoms with Crippen molar-refractivity contribution in [2.45, 2.75) is 43.2 Å². The summed E-state index contributed by atoms with van der Waals surface area (Å²) < 4.78 is 28.1. The van der Waals surface area contributed by atoms with Gasteiger partial charge in [0.15, 0.2) is 0 Å². The molecule has 11 heteroatoms. The van der Waals surface area contributed by atoms with Gasteiger partial charge in [0.05, 0.1) is 5.02 Å². The monoisotopic (exact) mass is 481 g/mol. The molecule has 29 heavy (non-hydrogen) atoms. The highest BCUT2D eigenvalue weighted by Crippen LogP contribution is 2.25. The summed E-state index contributed by atoms with van der Waals surface area (Å²) in [5.41, 5.74) is 0. The summed E-state index contributed by atoms with van der Waals surface area (Å²) in [6.07, 6.45) is 3.48. The van der Waals surface area contributed by atoms with Gasteiger partial charge in [-0.15, -0.1) is 0 Å². The summed E-state index contributed by atoms with van der Waals surface area (Å²) >= 11 is 13.5. The summed E-state index contributed by atoms with van der Waals surface area (Å²) in [6.45, 7) is 2.66. The van der Waals surface area contributed by atoms with Gasteiger partial charge >= 0.3 is 0 Å². The number of hydrogen-bond acceptors (Lipinski definition) is 5. The second-order valence-corrected chi connectivity index (χ2v) is 10.3. The van der Waals surface area contributed by atoms with Gasteiger partial charge in [0.1, 0.15) is 10.9 Å². The Hall–Kier alpha value is -1.00. The Morgan fingerprint density at radius 2 is 1.93 bits per heavy atom. The first kappa shape index (κ1) is 24.3. The highest BCUT2D eigenvalue weighted by atomic mass is 35.5. The van der Waals surface area contributed by atoms with E-state index >= 15 is 0 Å². The predicted octanol–water partition coefficient (Wildman–Crippen LogP) is 2.52. The van der Waals surface area contributed by atoms with Crippen LogP contribution in [0.25, 0.3) is 0 Å². The Bertz CT molecular complexity index is 844. The lowest BCUT2D eigenvalue weighted by atomic mass is 10.0. The zero-order chi connectivity index (χ0) is 21.6. The molecule has 7 nitrogen and oxygen atoms in total. The molecule has 0 radical (unpaired) electrons. The second-order valence-electron chi connectivity index (χ2n) is 6.82. The third-order valence-corrected chi connectivity index (χ3v) is 7.53. The van der Waals surface area contributed by atoms with E-state index in [1.54, 1.807) is 4.90 Å². The van der Waals surface area contributed by atoms with Gasteiger partial charge in [-0.1, -0.05) is 23.2 Å². The van der Waals surface area contributed by atoms with E-state index in [9.17, 15) is 18.0 Å². The Morgan fingerprint density at radius 1 is 1.28 bits per heavy atom. The van der Waals surface area contributed by atoms with Gasteiger partial charge in [0, 0.05) is 31.1 Å². The first-order valence-corrected chi connectivity index (χ1v) is 12.8. The number of nitrogens with zero attached hydrogens (tertiary/aromatic N) is 1. The molecule has 1 saturated heterocycles. The SMILES string of the molecule is CSCCC(NS(=O)(=O)c1cc(Cl)ccc1Cl)C(=O)NC1CCN(C(C)=O)CC1. The highest BCUT2D eigenvalue weighted by Gasteiger charge is 2.29. The largest absolute Gasteiger partial charge is 0.352 e. The number of halogens is 2. The Labute approximate surface area is 185 Å². The molecular formula is C18H25Cl2N3O4S2. The van der Waals surface area contributed by atoms with Crippen molar-refractivity contribution >= 4 is 56.8 Å². The van der Waals surface area contributed by atoms with E-state index in [0.29, 0.717) is 38.1 Å². The summed E-state index contributed by atoms with van der Waals surface area (Å²) in [4.78, 5) is 25.8. The number of likely N-dealkylation sites (tertiary alicyclic amines) is 1. The normalized spacial score (nSPS) is 16.5. The zero-order valence-corrected chi connectivity index (χ0v) is 19.4. The van der Waals surface area contributed by atoms with Crippen LogP contribution in [0.2, 0.25) is 10.0 Å². The first-order valence-electron chi connectivity index (χ1n) is 9.16. The zero-order valence-electron chi connectivity index (χ0n) is 16.3. The number of hydrogen-bond donors (Lipinski definition) is 2. The maximum absolute atomic E-state index is 12.8. The molecule has 1 aliphatic rings. The van der Waals surface area contributed by atoms with Crippen LogP contribution >= 0.6 is 35.0 Å². The number of carbonyl (C=O) groups excluding carboxylic acids is 2. The van der Waals surface area contributed by atoms with Crippen LogP contribution in [0, 0.1) is 0 Å². The van der Waals surface area contributed by atoms with Gasteiger partial charge in [-0.25, -0.2) is 8.42 Å². The van der Waals surface area contributed by atoms with Gasteiger partial charge in [-0.3, -0.25) is 9.59 Å². The molecule has 1 aromatic carbocycles. The minimum atomic E-state index is -4.04. The molecule has 1 aromatic rings. The number of piperidine rings is 1. The van der Waals surface area contributed by atoms with E-state index in [1.807, 2.05) is 6.26 Å². The molecule has 0 aromatic heterocycles. The number of thioether (sulfide) groups is 1. The van der Waals surface area contributed by atoms with E-state index in [-0.39, 0.29) is 32.8 Å². The Morgan fingerprint density at radius 3 is 2.52 bits per heavy atom. The summed E-state index contributed by atoms with van der Waals surface area (Å²) in [6, 6.07) is 3.11. The topological polar surface area (TPSA) is 95.6 Å². The molecule has 0 saturated carbocycles. The molecule has 1 aliphatic heterocycles. The van der Waals surface area contributed by atoms with Gasteiger partial charge in [-0.2, -0.15) is 16.5 Å². The van der Waals surface area contributed by atoms with E-state index in [4.69, 9.17) is 23.2 Å². The molecule has 2 amide bonds. The van der Waals surface area contributed by atoms with Crippen LogP contribution in [0.15, 0.2) is 23.1 Å². The number of benzene rings is 1. The lowest BCUT2D eigenvalue weighted by Crippen LogP contribution is -2.52. The molecule has 2 N–H and O–H groups in total. The van der Waals surface area contributed by atoms with Crippen molar-refractivity contribution in [2.75, 3.05) is 25.1 Å². The average Bonchev–Trinajstić information content (AvgIpc) is 2.67. The molecule has 0 bridgehead atoms. The lowest BCUT2D eigenvalue weighted by Gasteiger charge is -2.32. The fourth-order valence-corrected chi connectivity index (χ4v) is 5.52. The molecule has 0 aliphatic carbocycles. The number of sulfonamides is 1. The summed E-state index contributed by atoms with van der Waals surface area (Å²) in [5.74, 6) is 0.230. The number of rotatable bonds is 8. The van der Waals surface area contributed by atoms with Crippen molar-refractivity contribution < 1.29 is 18.0 Å². The number of amides is 2. The van der Waals surface area contributed by atoms with Crippen molar-refractivity contribution in [3.63, 3.8) is 0 Å². The smallest absolute Gasteiger partial charge is 0.242 e. The minimum Gasteiger partial charge on any atom is -0.352 e. The van der Waals surface area contributed by atoms with E-state index in [2.05, 4.69) is 10.0 Å². The number of nitrogens with one attached hydrogen (secondary N) is 2. The minimum absolute atomic E-state index is 0.0128. The van der Waals surface area contributed by atoms with Crippen molar-refractivity contribution in [1.82, 2.24) is 14.9 Å². The number of carbonyl (C=O) groups is 2. The maximum atomic E-state index is 12.8. The van der Waals surface area contributed by atoms with Crippen molar-refractivity contribution in [1.29, 1.82) is 0 Å². The van der Waals surface area contributed by atoms with E-state index in [0.717, 1.165) is 0 Å². The van der Waals surface area contributed by atoms with Crippen LogP contribution in [-0.4, -0.2) is 62.3 Å². The van der Waals surface area contributed by atoms with Gasteiger partial charge < -0.3 is 10.2 Å². The van der Waals surface area contributed by atoms with Crippen LogP contribution in [0.1, 0.15) is 26.2 Å². The Kier molecular flexibility index (Phi) is 9.09. The van der Waals surface area contributed by atoms with E-state index < -0.39 is 16.1 Å². The predicted molar refractivity (Wildman–Crippen MR) is 117 cm³/mol. The quantitative estimate of drug-likeness (QED) is 0.594. The third kappa shape index (κ3) is 7.03. The second kappa shape index (κ2) is 10.9. The van der Waals surface area contributed by atoms with E-state index in [1.165, 1.54) is 36.9 Å². The van der Waals surface area contributed by atoms with Gasteiger partial charge in [-0.05, 0) is 49.5 Å². The molecule has 2 rings (SSSR count). The standard InChI is InChI=1S/C18H25Cl2N3O4S2/c1-12(24)23-8-5-14(6-9-23)21-18(25)16(7-10-28-2)22-29(26,27)17-11-13(19)3-4-15(17)20/h3-4,11,14,16,22H,5-10H2,1-2H3,(H,21,25). The molecule has 1 heterocycles. The van der Waals surface area contributed by atoms with Crippen LogP contribution < -0.4 is 10.0 Å². The molecule has 1 fully saturated rings. The fraction of sp³-hybridized carbons (Fsp3) is 0.556. The molecule has 162 valence electrons. The molecule has 1 unspecified atom stereocenters. The third-order valence-electron chi connectivity index (χ3n) is 4.69. The molecule has 1 atom stereocenters. The van der Waals surface area contributed by atoms with Crippen LogP contribution in [-0.2, 0) is 19.6 Å². The van der Waals surface area contributed by atoms with Crippen LogP contribution in [0.5, 0.6) is 0 Å². The molecular weight excluding hydrogens is 457 g/mol. The van der Waals surface area contributed by atoms with Crippen molar-refractivity contribution in [3.8, 4) is 0 Å². The first-order chi connectivity index (χ1) is 13.6. The highest BCUT2D eigenvalue weighted by molar-refractivity contribution is 7.98. The fourth-order valence-electron chi connectivity index (χ4n) is 3.05. The summed E-state index contributed by atoms with van der Waals surface area (Å²) in [7, 11) is -4.04. The van der Waals surface area contributed by atoms with Gasteiger partial charge in [0.2, 0.25) is 21.8 Å². The van der Waals surface area contributed by atoms with Gasteiger partial charge in [0.25, 0.3) is 0 Å². The van der Waals surface area contributed by atoms with Crippen molar-refractivity contribution in [2.24, 2.45) is 0 Å². The average molecular weight is 482 g/mol. The Balaban J connectivity index is 2.09. The van der Waals surface area contributed by atoms with Crippen LogP contribution in [0.4, 0.5) is 0 Å². The lowest BCUT2D eigenvalue weighted by molar-refractivity contribution is -0.130. The molecule has 0 spiro atoms.